The third-order valence-corrected chi connectivity index (χ3v) is 2.34. The smallest absolute Gasteiger partial charge is 0.267 e. The minimum atomic E-state index is -3.92. The standard InChI is InChI=1S/C8H11N.C2H6O4S/c1-2-3-8-4-6-9-7-5-8;3-1-2-7(4,5)6/h4-7H,2-3H2,1H3;3H,1-2H2,(H,4,5,6). The molecule has 16 heavy (non-hydrogen) atoms. The maximum atomic E-state index is 9.63. The summed E-state index contributed by atoms with van der Waals surface area (Å²) in [5.74, 6) is -0.576. The number of aryl methyl sites for hydroxylation is 1. The summed E-state index contributed by atoms with van der Waals surface area (Å²) in [4.78, 5) is 3.93. The molecule has 1 aromatic rings. The number of hydrogen-bond acceptors (Lipinski definition) is 4. The lowest BCUT2D eigenvalue weighted by molar-refractivity contribution is 0.315. The molecular formula is C10H17NO4S. The molecule has 0 amide bonds. The summed E-state index contributed by atoms with van der Waals surface area (Å²) in [6.07, 6.45) is 6.06. The van der Waals surface area contributed by atoms with Gasteiger partial charge < -0.3 is 5.11 Å². The SMILES string of the molecule is CCCc1ccncc1.O=S(=O)(O)CCO. The van der Waals surface area contributed by atoms with Crippen molar-refractivity contribution in [2.24, 2.45) is 0 Å². The number of nitrogens with zero attached hydrogens (tertiary/aromatic N) is 1. The van der Waals surface area contributed by atoms with Crippen LogP contribution in [0.5, 0.6) is 0 Å². The zero-order chi connectivity index (χ0) is 12.4. The lowest BCUT2D eigenvalue weighted by atomic mass is 10.2. The fourth-order valence-electron chi connectivity index (χ4n) is 0.953. The summed E-state index contributed by atoms with van der Waals surface area (Å²) < 4.78 is 27.1. The summed E-state index contributed by atoms with van der Waals surface area (Å²) in [7, 11) is -3.92. The second-order valence-electron chi connectivity index (χ2n) is 3.12. The monoisotopic (exact) mass is 247 g/mol. The minimum Gasteiger partial charge on any atom is -0.395 e. The Morgan fingerprint density at radius 3 is 2.19 bits per heavy atom. The molecule has 92 valence electrons. The van der Waals surface area contributed by atoms with E-state index in [9.17, 15) is 8.42 Å². The van der Waals surface area contributed by atoms with Crippen LogP contribution in [0.4, 0.5) is 0 Å². The molecule has 0 atom stereocenters. The van der Waals surface area contributed by atoms with Crippen LogP contribution in [-0.4, -0.2) is 35.4 Å². The van der Waals surface area contributed by atoms with Crippen molar-refractivity contribution in [1.29, 1.82) is 0 Å². The molecule has 0 saturated carbocycles. The van der Waals surface area contributed by atoms with E-state index in [1.165, 1.54) is 18.4 Å². The first-order chi connectivity index (χ1) is 7.49. The van der Waals surface area contributed by atoms with E-state index in [2.05, 4.69) is 24.0 Å². The Hall–Kier alpha value is -0.980. The molecule has 0 aliphatic rings. The Morgan fingerprint density at radius 2 is 1.88 bits per heavy atom. The Bertz CT molecular complexity index is 364. The summed E-state index contributed by atoms with van der Waals surface area (Å²) in [6.45, 7) is 1.65. The molecule has 1 aromatic heterocycles. The zero-order valence-corrected chi connectivity index (χ0v) is 10.0. The Morgan fingerprint density at radius 1 is 1.31 bits per heavy atom. The maximum Gasteiger partial charge on any atom is 0.267 e. The molecule has 0 radical (unpaired) electrons. The van der Waals surface area contributed by atoms with Crippen LogP contribution in [0.3, 0.4) is 0 Å². The third kappa shape index (κ3) is 9.57. The lowest BCUT2D eigenvalue weighted by Crippen LogP contribution is -2.06. The number of pyridine rings is 1. The highest BCUT2D eigenvalue weighted by Crippen LogP contribution is 1.98. The second-order valence-corrected chi connectivity index (χ2v) is 4.69. The van der Waals surface area contributed by atoms with Gasteiger partial charge in [0.25, 0.3) is 10.1 Å². The van der Waals surface area contributed by atoms with Crippen LogP contribution in [0.25, 0.3) is 0 Å². The van der Waals surface area contributed by atoms with Crippen LogP contribution in [-0.2, 0) is 16.5 Å². The van der Waals surface area contributed by atoms with Gasteiger partial charge in [-0.15, -0.1) is 0 Å². The topological polar surface area (TPSA) is 87.5 Å². The zero-order valence-electron chi connectivity index (χ0n) is 9.20. The Kier molecular flexibility index (Phi) is 7.70. The molecule has 1 heterocycles. The van der Waals surface area contributed by atoms with Crippen LogP contribution in [0.2, 0.25) is 0 Å². The van der Waals surface area contributed by atoms with Gasteiger partial charge in [-0.3, -0.25) is 9.54 Å². The van der Waals surface area contributed by atoms with Crippen molar-refractivity contribution in [3.8, 4) is 0 Å². The van der Waals surface area contributed by atoms with Gasteiger partial charge in [0.2, 0.25) is 0 Å². The van der Waals surface area contributed by atoms with Crippen LogP contribution in [0.15, 0.2) is 24.5 Å². The number of rotatable bonds is 4. The number of aliphatic hydroxyl groups is 1. The van der Waals surface area contributed by atoms with Crippen molar-refractivity contribution in [2.45, 2.75) is 19.8 Å². The van der Waals surface area contributed by atoms with E-state index >= 15 is 0 Å². The fourth-order valence-corrected chi connectivity index (χ4v) is 1.18. The van der Waals surface area contributed by atoms with Gasteiger partial charge in [0, 0.05) is 12.4 Å². The number of aromatic nitrogens is 1. The van der Waals surface area contributed by atoms with Crippen molar-refractivity contribution in [1.82, 2.24) is 4.98 Å². The van der Waals surface area contributed by atoms with E-state index in [1.54, 1.807) is 0 Å². The van der Waals surface area contributed by atoms with Gasteiger partial charge >= 0.3 is 0 Å². The first-order valence-electron chi connectivity index (χ1n) is 4.94. The summed E-state index contributed by atoms with van der Waals surface area (Å²) in [5, 5.41) is 7.86. The van der Waals surface area contributed by atoms with E-state index in [-0.39, 0.29) is 0 Å². The average molecular weight is 247 g/mol. The van der Waals surface area contributed by atoms with Gasteiger partial charge in [0.05, 0.1) is 12.4 Å². The quantitative estimate of drug-likeness (QED) is 0.772. The Balaban J connectivity index is 0.000000293. The van der Waals surface area contributed by atoms with Crippen molar-refractivity contribution < 1.29 is 18.1 Å². The first-order valence-corrected chi connectivity index (χ1v) is 6.55. The third-order valence-electron chi connectivity index (χ3n) is 1.64. The van der Waals surface area contributed by atoms with Crippen molar-refractivity contribution in [2.75, 3.05) is 12.4 Å². The molecule has 0 fully saturated rings. The lowest BCUT2D eigenvalue weighted by Gasteiger charge is -1.93. The average Bonchev–Trinajstić information content (AvgIpc) is 2.19. The normalized spacial score (nSPS) is 10.4. The first kappa shape index (κ1) is 15.0. The molecule has 6 heteroatoms. The van der Waals surface area contributed by atoms with E-state index in [1.807, 2.05) is 12.4 Å². The van der Waals surface area contributed by atoms with E-state index in [0.29, 0.717) is 0 Å². The highest BCUT2D eigenvalue weighted by Gasteiger charge is 1.99. The van der Waals surface area contributed by atoms with Gasteiger partial charge in [-0.05, 0) is 24.1 Å². The number of aliphatic hydroxyl groups excluding tert-OH is 1. The molecule has 5 nitrogen and oxygen atoms in total. The molecule has 0 saturated heterocycles. The highest BCUT2D eigenvalue weighted by molar-refractivity contribution is 7.85. The second kappa shape index (κ2) is 8.20. The molecule has 0 bridgehead atoms. The fraction of sp³-hybridized carbons (Fsp3) is 0.500. The molecule has 1 rings (SSSR count). The van der Waals surface area contributed by atoms with Crippen molar-refractivity contribution >= 4 is 10.1 Å². The van der Waals surface area contributed by atoms with Crippen molar-refractivity contribution in [3.63, 3.8) is 0 Å². The highest BCUT2D eigenvalue weighted by atomic mass is 32.2. The molecule has 0 aliphatic heterocycles. The molecule has 0 spiro atoms. The predicted octanol–water partition coefficient (Wildman–Crippen LogP) is 0.901. The molecule has 2 N–H and O–H groups in total. The summed E-state index contributed by atoms with van der Waals surface area (Å²) in [5.41, 5.74) is 1.38. The Labute approximate surface area is 95.9 Å². The number of hydrogen-bond donors (Lipinski definition) is 2. The summed E-state index contributed by atoms with van der Waals surface area (Å²) in [6, 6.07) is 4.12. The van der Waals surface area contributed by atoms with Crippen LogP contribution >= 0.6 is 0 Å². The molecular weight excluding hydrogens is 230 g/mol. The van der Waals surface area contributed by atoms with Crippen molar-refractivity contribution in [3.05, 3.63) is 30.1 Å². The van der Waals surface area contributed by atoms with Gasteiger partial charge in [-0.25, -0.2) is 0 Å². The molecule has 0 aromatic carbocycles. The van der Waals surface area contributed by atoms with Gasteiger partial charge in [-0.2, -0.15) is 8.42 Å². The van der Waals surface area contributed by atoms with Crippen LogP contribution in [0, 0.1) is 0 Å². The van der Waals surface area contributed by atoms with Gasteiger partial charge in [0.1, 0.15) is 0 Å². The van der Waals surface area contributed by atoms with Crippen LogP contribution in [0.1, 0.15) is 18.9 Å². The minimum absolute atomic E-state index is 0.529. The largest absolute Gasteiger partial charge is 0.395 e. The van der Waals surface area contributed by atoms with Gasteiger partial charge in [0.15, 0.2) is 0 Å². The predicted molar refractivity (Wildman–Crippen MR) is 61.7 cm³/mol. The van der Waals surface area contributed by atoms with E-state index in [0.717, 1.165) is 0 Å². The molecule has 0 unspecified atom stereocenters. The maximum absolute atomic E-state index is 9.63. The van der Waals surface area contributed by atoms with E-state index < -0.39 is 22.5 Å². The van der Waals surface area contributed by atoms with Crippen LogP contribution < -0.4 is 0 Å². The summed E-state index contributed by atoms with van der Waals surface area (Å²) >= 11 is 0. The van der Waals surface area contributed by atoms with Gasteiger partial charge in [-0.1, -0.05) is 13.3 Å². The molecule has 0 aliphatic carbocycles. The van der Waals surface area contributed by atoms with E-state index in [4.69, 9.17) is 9.66 Å².